The Morgan fingerprint density at radius 1 is 1.18 bits per heavy atom. The highest BCUT2D eigenvalue weighted by atomic mass is 35.5. The van der Waals surface area contributed by atoms with E-state index in [4.69, 9.17) is 10.8 Å². The maximum absolute atomic E-state index is 12.1. The number of nitrogens with zero attached hydrogens (tertiary/aromatic N) is 1. The molecule has 118 valence electrons. The van der Waals surface area contributed by atoms with Gasteiger partial charge in [0, 0.05) is 30.2 Å². The van der Waals surface area contributed by atoms with Crippen LogP contribution < -0.4 is 16.1 Å². The molecule has 2 aromatic rings. The van der Waals surface area contributed by atoms with Gasteiger partial charge >= 0.3 is 5.97 Å². The van der Waals surface area contributed by atoms with E-state index in [1.807, 2.05) is 0 Å². The average molecular weight is 324 g/mol. The summed E-state index contributed by atoms with van der Waals surface area (Å²) in [5.74, 6) is -1.17. The Labute approximate surface area is 133 Å². The van der Waals surface area contributed by atoms with Crippen molar-refractivity contribution in [3.8, 4) is 0 Å². The smallest absolute Gasteiger partial charge is 0.352 e. The summed E-state index contributed by atoms with van der Waals surface area (Å²) in [6.45, 7) is 1.91. The number of fused-ring (bicyclic) bond motifs is 1. The van der Waals surface area contributed by atoms with Gasteiger partial charge in [0.1, 0.15) is 5.69 Å². The summed E-state index contributed by atoms with van der Waals surface area (Å²) in [6.07, 6.45) is 3.49. The Kier molecular flexibility index (Phi) is 4.61. The van der Waals surface area contributed by atoms with Gasteiger partial charge in [0.15, 0.2) is 5.43 Å². The highest BCUT2D eigenvalue weighted by molar-refractivity contribution is 5.96. The molecular formula is C15H18ClN3O3. The zero-order valence-electron chi connectivity index (χ0n) is 12.0. The molecule has 0 atom stereocenters. The molecular weight excluding hydrogens is 306 g/mol. The Hall–Kier alpha value is -2.21. The predicted molar refractivity (Wildman–Crippen MR) is 89.3 cm³/mol. The van der Waals surface area contributed by atoms with Crippen LogP contribution >= 0.6 is 12.4 Å². The van der Waals surface area contributed by atoms with Crippen molar-refractivity contribution < 1.29 is 9.90 Å². The zero-order valence-corrected chi connectivity index (χ0v) is 12.8. The minimum atomic E-state index is -1.17. The Bertz CT molecular complexity index is 766. The van der Waals surface area contributed by atoms with E-state index in [9.17, 15) is 9.59 Å². The molecule has 0 spiro atoms. The summed E-state index contributed by atoms with van der Waals surface area (Å²) >= 11 is 0. The topological polar surface area (TPSA) is 99.4 Å². The van der Waals surface area contributed by atoms with Crippen LogP contribution in [0.5, 0.6) is 0 Å². The van der Waals surface area contributed by atoms with Crippen molar-refractivity contribution in [2.24, 2.45) is 0 Å². The third-order valence-corrected chi connectivity index (χ3v) is 3.91. The van der Waals surface area contributed by atoms with Crippen molar-refractivity contribution >= 4 is 40.7 Å². The fourth-order valence-electron chi connectivity index (χ4n) is 2.81. The number of pyridine rings is 1. The number of aromatic nitrogens is 1. The van der Waals surface area contributed by atoms with Gasteiger partial charge in [0.05, 0.1) is 11.2 Å². The lowest BCUT2D eigenvalue weighted by atomic mass is 10.1. The summed E-state index contributed by atoms with van der Waals surface area (Å²) in [7, 11) is 0. The molecule has 0 saturated carbocycles. The average Bonchev–Trinajstić information content (AvgIpc) is 2.48. The maximum Gasteiger partial charge on any atom is 0.352 e. The molecule has 1 fully saturated rings. The first-order valence-corrected chi connectivity index (χ1v) is 7.01. The van der Waals surface area contributed by atoms with E-state index < -0.39 is 5.97 Å². The van der Waals surface area contributed by atoms with E-state index >= 15 is 0 Å². The molecule has 0 amide bonds. The van der Waals surface area contributed by atoms with Crippen LogP contribution in [0.15, 0.2) is 23.0 Å². The number of hydrogen-bond donors (Lipinski definition) is 3. The molecule has 1 saturated heterocycles. The number of halogens is 1. The van der Waals surface area contributed by atoms with E-state index in [0.29, 0.717) is 16.6 Å². The number of benzene rings is 1. The number of carbonyl (C=O) groups is 1. The Balaban J connectivity index is 0.00000176. The molecule has 1 aliphatic heterocycles. The van der Waals surface area contributed by atoms with Gasteiger partial charge in [-0.2, -0.15) is 0 Å². The first kappa shape index (κ1) is 16.2. The number of nitrogens with two attached hydrogens (primary N) is 1. The van der Waals surface area contributed by atoms with Crippen molar-refractivity contribution in [3.05, 3.63) is 34.1 Å². The van der Waals surface area contributed by atoms with Crippen LogP contribution in [-0.4, -0.2) is 29.1 Å². The van der Waals surface area contributed by atoms with Gasteiger partial charge in [-0.1, -0.05) is 0 Å². The number of hydrogen-bond acceptors (Lipinski definition) is 4. The molecule has 1 aromatic heterocycles. The van der Waals surface area contributed by atoms with Crippen LogP contribution in [0.25, 0.3) is 10.9 Å². The van der Waals surface area contributed by atoms with Crippen LogP contribution in [-0.2, 0) is 0 Å². The Morgan fingerprint density at radius 3 is 2.50 bits per heavy atom. The molecule has 0 aliphatic carbocycles. The van der Waals surface area contributed by atoms with E-state index in [1.165, 1.54) is 6.42 Å². The van der Waals surface area contributed by atoms with Gasteiger partial charge in [-0.25, -0.2) is 4.79 Å². The monoisotopic (exact) mass is 323 g/mol. The SMILES string of the molecule is Cl.Nc1cc(N2CCCCC2)cc2c(=O)cc(C(=O)O)[nH]c12. The van der Waals surface area contributed by atoms with Gasteiger partial charge in [0.2, 0.25) is 0 Å². The molecule has 0 bridgehead atoms. The van der Waals surface area contributed by atoms with E-state index in [-0.39, 0.29) is 23.5 Å². The predicted octanol–water partition coefficient (Wildman–Crippen LogP) is 2.22. The van der Waals surface area contributed by atoms with Crippen molar-refractivity contribution in [1.82, 2.24) is 4.98 Å². The second kappa shape index (κ2) is 6.27. The van der Waals surface area contributed by atoms with E-state index in [1.54, 1.807) is 12.1 Å². The highest BCUT2D eigenvalue weighted by Crippen LogP contribution is 2.27. The van der Waals surface area contributed by atoms with Crippen LogP contribution in [0.1, 0.15) is 29.8 Å². The third-order valence-electron chi connectivity index (χ3n) is 3.91. The molecule has 4 N–H and O–H groups in total. The Morgan fingerprint density at radius 2 is 1.86 bits per heavy atom. The van der Waals surface area contributed by atoms with Crippen molar-refractivity contribution in [3.63, 3.8) is 0 Å². The van der Waals surface area contributed by atoms with Gasteiger partial charge < -0.3 is 20.7 Å². The van der Waals surface area contributed by atoms with E-state index in [0.717, 1.165) is 37.7 Å². The highest BCUT2D eigenvalue weighted by Gasteiger charge is 2.15. The largest absolute Gasteiger partial charge is 0.477 e. The fourth-order valence-corrected chi connectivity index (χ4v) is 2.81. The molecule has 1 aliphatic rings. The lowest BCUT2D eigenvalue weighted by Crippen LogP contribution is -2.29. The number of nitrogens with one attached hydrogen (secondary N) is 1. The molecule has 0 radical (unpaired) electrons. The molecule has 3 rings (SSSR count). The summed E-state index contributed by atoms with van der Waals surface area (Å²) in [5.41, 5.74) is 7.25. The van der Waals surface area contributed by atoms with Gasteiger partial charge in [-0.3, -0.25) is 4.79 Å². The fraction of sp³-hybridized carbons (Fsp3) is 0.333. The molecule has 22 heavy (non-hydrogen) atoms. The van der Waals surface area contributed by atoms with Crippen LogP contribution in [0, 0.1) is 0 Å². The molecule has 6 nitrogen and oxygen atoms in total. The van der Waals surface area contributed by atoms with Crippen molar-refractivity contribution in [1.29, 1.82) is 0 Å². The standard InChI is InChI=1S/C15H17N3O3.ClH/c16-11-7-9(18-4-2-1-3-5-18)6-10-13(19)8-12(15(20)21)17-14(10)11;/h6-8H,1-5,16H2,(H,17,19)(H,20,21);1H. The maximum atomic E-state index is 12.1. The molecule has 2 heterocycles. The van der Waals surface area contributed by atoms with Crippen LogP contribution in [0.3, 0.4) is 0 Å². The number of nitrogen functional groups attached to an aromatic ring is 1. The summed E-state index contributed by atoms with van der Waals surface area (Å²) in [6, 6.07) is 4.70. The number of anilines is 2. The molecule has 1 aromatic carbocycles. The van der Waals surface area contributed by atoms with Gasteiger partial charge in [0.25, 0.3) is 0 Å². The zero-order chi connectivity index (χ0) is 15.0. The lowest BCUT2D eigenvalue weighted by molar-refractivity contribution is 0.0691. The summed E-state index contributed by atoms with van der Waals surface area (Å²) < 4.78 is 0. The number of H-pyrrole nitrogens is 1. The van der Waals surface area contributed by atoms with Crippen molar-refractivity contribution in [2.75, 3.05) is 23.7 Å². The lowest BCUT2D eigenvalue weighted by Gasteiger charge is -2.29. The summed E-state index contributed by atoms with van der Waals surface area (Å²) in [5, 5.41) is 9.43. The molecule has 0 unspecified atom stereocenters. The number of aromatic carboxylic acids is 1. The third kappa shape index (κ3) is 2.87. The number of carboxylic acids is 1. The number of carboxylic acid groups (broad SMARTS) is 1. The number of aromatic amines is 1. The molecule has 7 heteroatoms. The quantitative estimate of drug-likeness (QED) is 0.736. The van der Waals surface area contributed by atoms with Crippen molar-refractivity contribution in [2.45, 2.75) is 19.3 Å². The number of rotatable bonds is 2. The minimum Gasteiger partial charge on any atom is -0.477 e. The first-order chi connectivity index (χ1) is 10.1. The van der Waals surface area contributed by atoms with E-state index in [2.05, 4.69) is 9.88 Å². The number of piperidine rings is 1. The van der Waals surface area contributed by atoms with Crippen LogP contribution in [0.2, 0.25) is 0 Å². The van der Waals surface area contributed by atoms with Gasteiger partial charge in [-0.15, -0.1) is 12.4 Å². The van der Waals surface area contributed by atoms with Crippen LogP contribution in [0.4, 0.5) is 11.4 Å². The first-order valence-electron chi connectivity index (χ1n) is 7.01. The summed E-state index contributed by atoms with van der Waals surface area (Å²) in [4.78, 5) is 28.1. The normalized spacial score (nSPS) is 14.6. The second-order valence-electron chi connectivity index (χ2n) is 5.36. The second-order valence-corrected chi connectivity index (χ2v) is 5.36. The van der Waals surface area contributed by atoms with Gasteiger partial charge in [-0.05, 0) is 31.4 Å². The minimum absolute atomic E-state index is 0.